The van der Waals surface area contributed by atoms with Crippen molar-refractivity contribution in [2.45, 2.75) is 70.4 Å². The Morgan fingerprint density at radius 3 is 2.64 bits per heavy atom. The van der Waals surface area contributed by atoms with Gasteiger partial charge in [0, 0.05) is 19.1 Å². The summed E-state index contributed by atoms with van der Waals surface area (Å²) in [6.45, 7) is 6.23. The molecule has 1 saturated carbocycles. The van der Waals surface area contributed by atoms with Gasteiger partial charge in [0.25, 0.3) is 0 Å². The van der Waals surface area contributed by atoms with E-state index in [2.05, 4.69) is 25.8 Å². The van der Waals surface area contributed by atoms with Gasteiger partial charge in [-0.1, -0.05) is 18.9 Å². The second-order valence-electron chi connectivity index (χ2n) is 8.85. The van der Waals surface area contributed by atoms with Crippen LogP contribution in [-0.4, -0.2) is 65.7 Å². The number of benzene rings is 1. The summed E-state index contributed by atoms with van der Waals surface area (Å²) in [6, 6.07) is 6.57. The normalized spacial score (nSPS) is 23.8. The first kappa shape index (κ1) is 21.1. The van der Waals surface area contributed by atoms with Crippen molar-refractivity contribution in [2.24, 2.45) is 0 Å². The van der Waals surface area contributed by atoms with Gasteiger partial charge in [0.1, 0.15) is 18.0 Å². The predicted molar refractivity (Wildman–Crippen MR) is 112 cm³/mol. The Kier molecular flexibility index (Phi) is 7.00. The Balaban J connectivity index is 1.49. The van der Waals surface area contributed by atoms with Crippen LogP contribution in [-0.2, 0) is 4.79 Å². The lowest BCUT2D eigenvalue weighted by Gasteiger charge is -2.29. The number of ether oxygens (including phenoxy) is 1. The zero-order valence-electron chi connectivity index (χ0n) is 17.7. The number of nitrogens with zero attached hydrogens (tertiary/aromatic N) is 2. The van der Waals surface area contributed by atoms with Gasteiger partial charge in [-0.2, -0.15) is 0 Å². The van der Waals surface area contributed by atoms with E-state index < -0.39 is 5.60 Å². The number of carbonyl (C=O) groups is 1. The smallest absolute Gasteiger partial charge is 0.236 e. The molecule has 0 spiro atoms. The first-order chi connectivity index (χ1) is 13.4. The molecule has 0 radical (unpaired) electrons. The summed E-state index contributed by atoms with van der Waals surface area (Å²) in [4.78, 5) is 16.9. The predicted octanol–water partition coefficient (Wildman–Crippen LogP) is 3.30. The highest BCUT2D eigenvalue weighted by atomic mass is 16.5. The third kappa shape index (κ3) is 5.48. The third-order valence-corrected chi connectivity index (χ3v) is 6.59. The molecule has 2 fully saturated rings. The minimum atomic E-state index is -0.870. The Hall–Kier alpha value is -1.59. The largest absolute Gasteiger partial charge is 0.491 e. The SMILES string of the molecule is Cc1ccc(OCC2(O)CCCN(C(=O)CN(C)C3CCCC3)CC2)cc1C. The van der Waals surface area contributed by atoms with Crippen LogP contribution in [0.4, 0.5) is 0 Å². The summed E-state index contributed by atoms with van der Waals surface area (Å²) in [6.07, 6.45) is 7.02. The van der Waals surface area contributed by atoms with Crippen LogP contribution in [0.2, 0.25) is 0 Å². The maximum absolute atomic E-state index is 12.7. The van der Waals surface area contributed by atoms with Gasteiger partial charge in [-0.25, -0.2) is 0 Å². The Bertz CT molecular complexity index is 672. The van der Waals surface area contributed by atoms with Gasteiger partial charge in [-0.3, -0.25) is 9.69 Å². The van der Waals surface area contributed by atoms with Crippen molar-refractivity contribution in [1.29, 1.82) is 0 Å². The highest BCUT2D eigenvalue weighted by Gasteiger charge is 2.33. The molecule has 0 bridgehead atoms. The molecule has 1 N–H and O–H groups in total. The molecule has 1 aromatic rings. The second kappa shape index (κ2) is 9.27. The quantitative estimate of drug-likeness (QED) is 0.812. The van der Waals surface area contributed by atoms with E-state index in [1.807, 2.05) is 23.1 Å². The van der Waals surface area contributed by atoms with Crippen molar-refractivity contribution in [3.63, 3.8) is 0 Å². The standard InChI is InChI=1S/C23H36N2O3/c1-18-9-10-21(15-19(18)2)28-17-23(27)11-6-13-25(14-12-23)22(26)16-24(3)20-7-4-5-8-20/h9-10,15,20,27H,4-8,11-14,16-17H2,1-3H3. The molecule has 1 aliphatic carbocycles. The van der Waals surface area contributed by atoms with Crippen molar-refractivity contribution in [3.8, 4) is 5.75 Å². The molecule has 1 heterocycles. The molecule has 1 amide bonds. The number of amides is 1. The van der Waals surface area contributed by atoms with Crippen molar-refractivity contribution >= 4 is 5.91 Å². The van der Waals surface area contributed by atoms with Crippen LogP contribution in [0.15, 0.2) is 18.2 Å². The molecule has 1 aromatic carbocycles. The minimum absolute atomic E-state index is 0.189. The Labute approximate surface area is 169 Å². The van der Waals surface area contributed by atoms with E-state index in [1.54, 1.807) is 0 Å². The van der Waals surface area contributed by atoms with Gasteiger partial charge in [0.2, 0.25) is 5.91 Å². The number of aryl methyl sites for hydroxylation is 2. The first-order valence-corrected chi connectivity index (χ1v) is 10.8. The molecule has 28 heavy (non-hydrogen) atoms. The van der Waals surface area contributed by atoms with Gasteiger partial charge in [-0.15, -0.1) is 0 Å². The van der Waals surface area contributed by atoms with Crippen LogP contribution in [0.1, 0.15) is 56.1 Å². The monoisotopic (exact) mass is 388 g/mol. The summed E-state index contributed by atoms with van der Waals surface area (Å²) >= 11 is 0. The van der Waals surface area contributed by atoms with E-state index in [0.29, 0.717) is 32.0 Å². The summed E-state index contributed by atoms with van der Waals surface area (Å²) in [5.41, 5.74) is 1.55. The number of aliphatic hydroxyl groups is 1. The molecule has 1 aliphatic heterocycles. The van der Waals surface area contributed by atoms with Gasteiger partial charge < -0.3 is 14.7 Å². The number of hydrogen-bond donors (Lipinski definition) is 1. The molecule has 5 heteroatoms. The lowest BCUT2D eigenvalue weighted by atomic mass is 9.96. The second-order valence-corrected chi connectivity index (χ2v) is 8.85. The van der Waals surface area contributed by atoms with Crippen molar-refractivity contribution in [3.05, 3.63) is 29.3 Å². The summed E-state index contributed by atoms with van der Waals surface area (Å²) < 4.78 is 5.91. The Morgan fingerprint density at radius 1 is 1.18 bits per heavy atom. The van der Waals surface area contributed by atoms with Crippen molar-refractivity contribution in [1.82, 2.24) is 9.80 Å². The summed E-state index contributed by atoms with van der Waals surface area (Å²) in [5.74, 6) is 0.987. The van der Waals surface area contributed by atoms with Gasteiger partial charge in [0.05, 0.1) is 6.54 Å². The number of rotatable bonds is 6. The van der Waals surface area contributed by atoms with Gasteiger partial charge in [-0.05, 0) is 76.3 Å². The zero-order chi connectivity index (χ0) is 20.1. The number of carbonyl (C=O) groups excluding carboxylic acids is 1. The fourth-order valence-corrected chi connectivity index (χ4v) is 4.38. The van der Waals surface area contributed by atoms with Crippen LogP contribution >= 0.6 is 0 Å². The van der Waals surface area contributed by atoms with E-state index in [-0.39, 0.29) is 12.5 Å². The van der Waals surface area contributed by atoms with Crippen LogP contribution in [0.25, 0.3) is 0 Å². The molecule has 1 unspecified atom stereocenters. The van der Waals surface area contributed by atoms with E-state index in [1.165, 1.54) is 36.8 Å². The summed E-state index contributed by atoms with van der Waals surface area (Å²) in [7, 11) is 2.07. The lowest BCUT2D eigenvalue weighted by Crippen LogP contribution is -2.43. The molecule has 3 rings (SSSR count). The maximum Gasteiger partial charge on any atom is 0.236 e. The number of likely N-dealkylation sites (tertiary alicyclic amines) is 1. The van der Waals surface area contributed by atoms with E-state index in [0.717, 1.165) is 18.7 Å². The number of hydrogen-bond acceptors (Lipinski definition) is 4. The topological polar surface area (TPSA) is 53.0 Å². The number of likely N-dealkylation sites (N-methyl/N-ethyl adjacent to an activating group) is 1. The molecule has 156 valence electrons. The third-order valence-electron chi connectivity index (χ3n) is 6.59. The maximum atomic E-state index is 12.7. The van der Waals surface area contributed by atoms with E-state index >= 15 is 0 Å². The van der Waals surface area contributed by atoms with Crippen molar-refractivity contribution in [2.75, 3.05) is 33.3 Å². The highest BCUT2D eigenvalue weighted by molar-refractivity contribution is 5.78. The van der Waals surface area contributed by atoms with Gasteiger partial charge >= 0.3 is 0 Å². The molecule has 5 nitrogen and oxygen atoms in total. The highest BCUT2D eigenvalue weighted by Crippen LogP contribution is 2.26. The Morgan fingerprint density at radius 2 is 1.93 bits per heavy atom. The molecule has 0 aromatic heterocycles. The van der Waals surface area contributed by atoms with Crippen molar-refractivity contribution < 1.29 is 14.6 Å². The average molecular weight is 389 g/mol. The zero-order valence-corrected chi connectivity index (χ0v) is 17.7. The van der Waals surface area contributed by atoms with Crippen LogP contribution < -0.4 is 4.74 Å². The molecule has 1 atom stereocenters. The van der Waals surface area contributed by atoms with Crippen LogP contribution in [0.5, 0.6) is 5.75 Å². The molecule has 2 aliphatic rings. The van der Waals surface area contributed by atoms with Gasteiger partial charge in [0.15, 0.2) is 0 Å². The molecule has 1 saturated heterocycles. The molecular formula is C23H36N2O3. The van der Waals surface area contributed by atoms with E-state index in [9.17, 15) is 9.90 Å². The first-order valence-electron chi connectivity index (χ1n) is 10.8. The van der Waals surface area contributed by atoms with Crippen LogP contribution in [0, 0.1) is 13.8 Å². The minimum Gasteiger partial charge on any atom is -0.491 e. The fraction of sp³-hybridized carbons (Fsp3) is 0.696. The fourth-order valence-electron chi connectivity index (χ4n) is 4.38. The van der Waals surface area contributed by atoms with E-state index in [4.69, 9.17) is 4.74 Å². The molecular weight excluding hydrogens is 352 g/mol. The summed E-state index contributed by atoms with van der Waals surface area (Å²) in [5, 5.41) is 11.0. The average Bonchev–Trinajstić information content (AvgIpc) is 3.13. The lowest BCUT2D eigenvalue weighted by molar-refractivity contribution is -0.132. The van der Waals surface area contributed by atoms with Crippen LogP contribution in [0.3, 0.4) is 0 Å².